The van der Waals surface area contributed by atoms with E-state index in [-0.39, 0.29) is 11.8 Å². The number of piperazine rings is 1. The number of unbranched alkanes of at least 4 members (excludes halogenated alkanes) is 2. The molecular formula is C25H31N3O2. The van der Waals surface area contributed by atoms with Crippen LogP contribution in [-0.4, -0.2) is 42.9 Å². The molecule has 0 aromatic heterocycles. The molecule has 3 rings (SSSR count). The van der Waals surface area contributed by atoms with Crippen molar-refractivity contribution in [3.63, 3.8) is 0 Å². The average molecular weight is 406 g/mol. The molecule has 0 bridgehead atoms. The van der Waals surface area contributed by atoms with Crippen molar-refractivity contribution in [1.82, 2.24) is 4.90 Å². The van der Waals surface area contributed by atoms with Gasteiger partial charge in [-0.05, 0) is 42.3 Å². The summed E-state index contributed by atoms with van der Waals surface area (Å²) in [5.74, 6) is 0.131. The first-order chi connectivity index (χ1) is 14.7. The maximum atomic E-state index is 12.4. The molecule has 0 aliphatic carbocycles. The SMILES string of the molecule is CCCCCC(=O)Nc1ccc(N2CCN(C(=O)/C=C/c3ccccc3)CC2)cc1. The minimum Gasteiger partial charge on any atom is -0.368 e. The first-order valence-electron chi connectivity index (χ1n) is 10.8. The number of amides is 2. The molecule has 0 saturated carbocycles. The summed E-state index contributed by atoms with van der Waals surface area (Å²) in [7, 11) is 0. The van der Waals surface area contributed by atoms with Gasteiger partial charge in [-0.3, -0.25) is 9.59 Å². The van der Waals surface area contributed by atoms with Crippen molar-refractivity contribution in [1.29, 1.82) is 0 Å². The Kier molecular flexibility index (Phi) is 8.07. The molecule has 5 heteroatoms. The van der Waals surface area contributed by atoms with E-state index in [1.807, 2.05) is 65.6 Å². The number of nitrogens with zero attached hydrogens (tertiary/aromatic N) is 2. The monoisotopic (exact) mass is 405 g/mol. The number of hydrogen-bond donors (Lipinski definition) is 1. The standard InChI is InChI=1S/C25H31N3O2/c1-2-3-5-10-24(29)26-22-12-14-23(15-13-22)27-17-19-28(20-18-27)25(30)16-11-21-8-6-4-7-9-21/h4,6-9,11-16H,2-3,5,10,17-20H2,1H3,(H,26,29)/b16-11+. The lowest BCUT2D eigenvalue weighted by molar-refractivity contribution is -0.126. The maximum absolute atomic E-state index is 12.4. The van der Waals surface area contributed by atoms with Gasteiger partial charge in [-0.15, -0.1) is 0 Å². The van der Waals surface area contributed by atoms with Crippen LogP contribution in [0.4, 0.5) is 11.4 Å². The van der Waals surface area contributed by atoms with Gasteiger partial charge in [0.1, 0.15) is 0 Å². The molecule has 1 N–H and O–H groups in total. The van der Waals surface area contributed by atoms with E-state index in [4.69, 9.17) is 0 Å². The second-order valence-corrected chi connectivity index (χ2v) is 7.61. The zero-order chi connectivity index (χ0) is 21.2. The van der Waals surface area contributed by atoms with Crippen LogP contribution in [0.3, 0.4) is 0 Å². The molecule has 1 heterocycles. The summed E-state index contributed by atoms with van der Waals surface area (Å²) in [5.41, 5.74) is 2.98. The third kappa shape index (κ3) is 6.48. The van der Waals surface area contributed by atoms with Gasteiger partial charge in [0.2, 0.25) is 11.8 Å². The van der Waals surface area contributed by atoms with Gasteiger partial charge in [-0.25, -0.2) is 0 Å². The first-order valence-corrected chi connectivity index (χ1v) is 10.8. The zero-order valence-electron chi connectivity index (χ0n) is 17.7. The number of carbonyl (C=O) groups is 2. The highest BCUT2D eigenvalue weighted by Gasteiger charge is 2.19. The number of rotatable bonds is 8. The molecule has 2 amide bonds. The van der Waals surface area contributed by atoms with Gasteiger partial charge < -0.3 is 15.1 Å². The van der Waals surface area contributed by atoms with Crippen LogP contribution < -0.4 is 10.2 Å². The van der Waals surface area contributed by atoms with E-state index in [1.54, 1.807) is 6.08 Å². The van der Waals surface area contributed by atoms with E-state index in [0.717, 1.165) is 49.3 Å². The Hall–Kier alpha value is -3.08. The van der Waals surface area contributed by atoms with Gasteiger partial charge >= 0.3 is 0 Å². The molecule has 0 radical (unpaired) electrons. The molecule has 0 unspecified atom stereocenters. The lowest BCUT2D eigenvalue weighted by Crippen LogP contribution is -2.48. The fourth-order valence-corrected chi connectivity index (χ4v) is 3.54. The quantitative estimate of drug-likeness (QED) is 0.517. The van der Waals surface area contributed by atoms with Gasteiger partial charge in [-0.2, -0.15) is 0 Å². The maximum Gasteiger partial charge on any atom is 0.246 e. The summed E-state index contributed by atoms with van der Waals surface area (Å²) in [6.07, 6.45) is 7.23. The summed E-state index contributed by atoms with van der Waals surface area (Å²) in [6, 6.07) is 17.8. The number of nitrogens with one attached hydrogen (secondary N) is 1. The molecule has 1 fully saturated rings. The van der Waals surface area contributed by atoms with Crippen molar-refractivity contribution in [3.05, 3.63) is 66.2 Å². The zero-order valence-corrected chi connectivity index (χ0v) is 17.7. The van der Waals surface area contributed by atoms with Gasteiger partial charge in [0.05, 0.1) is 0 Å². The van der Waals surface area contributed by atoms with Gasteiger partial charge in [0, 0.05) is 50.1 Å². The summed E-state index contributed by atoms with van der Waals surface area (Å²) < 4.78 is 0. The molecule has 5 nitrogen and oxygen atoms in total. The van der Waals surface area contributed by atoms with E-state index in [9.17, 15) is 9.59 Å². The third-order valence-corrected chi connectivity index (χ3v) is 5.33. The Morgan fingerprint density at radius 3 is 2.30 bits per heavy atom. The van der Waals surface area contributed by atoms with Crippen molar-refractivity contribution in [3.8, 4) is 0 Å². The van der Waals surface area contributed by atoms with Crippen LogP contribution >= 0.6 is 0 Å². The number of carbonyl (C=O) groups excluding carboxylic acids is 2. The second kappa shape index (κ2) is 11.2. The highest BCUT2D eigenvalue weighted by Crippen LogP contribution is 2.20. The Labute approximate surface area is 179 Å². The Morgan fingerprint density at radius 1 is 0.933 bits per heavy atom. The number of anilines is 2. The Morgan fingerprint density at radius 2 is 1.63 bits per heavy atom. The summed E-state index contributed by atoms with van der Waals surface area (Å²) >= 11 is 0. The second-order valence-electron chi connectivity index (χ2n) is 7.61. The average Bonchev–Trinajstić information content (AvgIpc) is 2.79. The van der Waals surface area contributed by atoms with Crippen LogP contribution in [0.1, 0.15) is 38.2 Å². The normalized spacial score (nSPS) is 14.2. The lowest BCUT2D eigenvalue weighted by Gasteiger charge is -2.35. The van der Waals surface area contributed by atoms with Crippen LogP contribution in [0.25, 0.3) is 6.08 Å². The molecule has 2 aromatic carbocycles. The lowest BCUT2D eigenvalue weighted by atomic mass is 10.2. The van der Waals surface area contributed by atoms with Crippen LogP contribution in [0.2, 0.25) is 0 Å². The molecule has 1 aliphatic rings. The molecule has 1 saturated heterocycles. The van der Waals surface area contributed by atoms with Gasteiger partial charge in [-0.1, -0.05) is 50.1 Å². The summed E-state index contributed by atoms with van der Waals surface area (Å²) in [4.78, 5) is 28.6. The minimum absolute atomic E-state index is 0.0552. The molecule has 0 atom stereocenters. The highest BCUT2D eigenvalue weighted by atomic mass is 16.2. The smallest absolute Gasteiger partial charge is 0.246 e. The predicted molar refractivity (Wildman–Crippen MR) is 123 cm³/mol. The molecule has 1 aliphatic heterocycles. The van der Waals surface area contributed by atoms with E-state index < -0.39 is 0 Å². The molecule has 0 spiro atoms. The van der Waals surface area contributed by atoms with E-state index in [2.05, 4.69) is 17.1 Å². The van der Waals surface area contributed by atoms with Crippen molar-refractivity contribution in [2.75, 3.05) is 36.4 Å². The largest absolute Gasteiger partial charge is 0.368 e. The topological polar surface area (TPSA) is 52.7 Å². The molecule has 2 aromatic rings. The highest BCUT2D eigenvalue weighted by molar-refractivity contribution is 5.92. The predicted octanol–water partition coefficient (Wildman–Crippen LogP) is 4.57. The summed E-state index contributed by atoms with van der Waals surface area (Å²) in [6.45, 7) is 5.14. The number of benzene rings is 2. The fraction of sp³-hybridized carbons (Fsp3) is 0.360. The van der Waals surface area contributed by atoms with Crippen molar-refractivity contribution in [2.45, 2.75) is 32.6 Å². The van der Waals surface area contributed by atoms with Crippen LogP contribution in [-0.2, 0) is 9.59 Å². The van der Waals surface area contributed by atoms with Crippen LogP contribution in [0, 0.1) is 0 Å². The fourth-order valence-electron chi connectivity index (χ4n) is 3.54. The van der Waals surface area contributed by atoms with Crippen LogP contribution in [0.15, 0.2) is 60.7 Å². The summed E-state index contributed by atoms with van der Waals surface area (Å²) in [5, 5.41) is 2.96. The van der Waals surface area contributed by atoms with E-state index in [1.165, 1.54) is 0 Å². The van der Waals surface area contributed by atoms with Crippen molar-refractivity contribution < 1.29 is 9.59 Å². The Balaban J connectivity index is 1.46. The van der Waals surface area contributed by atoms with Crippen LogP contribution in [0.5, 0.6) is 0 Å². The molecular weight excluding hydrogens is 374 g/mol. The molecule has 158 valence electrons. The Bertz CT molecular complexity index is 838. The van der Waals surface area contributed by atoms with E-state index >= 15 is 0 Å². The van der Waals surface area contributed by atoms with Gasteiger partial charge in [0.15, 0.2) is 0 Å². The van der Waals surface area contributed by atoms with E-state index in [0.29, 0.717) is 19.5 Å². The first kappa shape index (κ1) is 21.6. The van der Waals surface area contributed by atoms with Crippen molar-refractivity contribution >= 4 is 29.3 Å². The third-order valence-electron chi connectivity index (χ3n) is 5.33. The van der Waals surface area contributed by atoms with Crippen molar-refractivity contribution in [2.24, 2.45) is 0 Å². The molecule has 30 heavy (non-hydrogen) atoms. The van der Waals surface area contributed by atoms with Gasteiger partial charge in [0.25, 0.3) is 0 Å². The minimum atomic E-state index is 0.0552. The number of hydrogen-bond acceptors (Lipinski definition) is 3.